The van der Waals surface area contributed by atoms with E-state index in [0.29, 0.717) is 17.4 Å². The van der Waals surface area contributed by atoms with E-state index in [2.05, 4.69) is 196 Å². The first kappa shape index (κ1) is 99.4. The van der Waals surface area contributed by atoms with Gasteiger partial charge < -0.3 is 33.3 Å². The van der Waals surface area contributed by atoms with Gasteiger partial charge >= 0.3 is 11.9 Å². The van der Waals surface area contributed by atoms with E-state index < -0.39 is 24.3 Å². The number of allylic oxidation sites excluding steroid dienone is 30. The Hall–Kier alpha value is -5.61. The number of carbonyl (C=O) groups excluding carboxylic acids is 3. The third kappa shape index (κ3) is 85.5. The quantitative estimate of drug-likeness (QED) is 0.0195. The molecule has 9 heteroatoms. The summed E-state index contributed by atoms with van der Waals surface area (Å²) in [5.41, 5.74) is 0. The molecule has 0 aromatic heterocycles. The van der Waals surface area contributed by atoms with Crippen LogP contribution in [0.25, 0.3) is 0 Å². The molecule has 0 aromatic carbocycles. The Balaban J connectivity index is 4.02. The second-order valence-corrected chi connectivity index (χ2v) is 29.4. The largest absolute Gasteiger partial charge is 0.545 e. The van der Waals surface area contributed by atoms with E-state index in [1.54, 1.807) is 0 Å². The van der Waals surface area contributed by atoms with Gasteiger partial charge in [-0.1, -0.05) is 382 Å². The highest BCUT2D eigenvalue weighted by Gasteiger charge is 2.22. The molecule has 0 saturated carbocycles. The van der Waals surface area contributed by atoms with Crippen LogP contribution in [0.15, 0.2) is 182 Å². The number of quaternary nitrogens is 1. The molecule has 0 fully saturated rings. The first-order valence-corrected chi connectivity index (χ1v) is 42.9. The van der Waals surface area contributed by atoms with Crippen LogP contribution >= 0.6 is 0 Å². The average Bonchev–Trinajstić information content (AvgIpc) is 1.97. The average molecular weight is 1460 g/mol. The SMILES string of the molecule is CC/C=C\C/C=C\C/C=C\C/C=C\C/C=C\C/C=C\C/C=C\C/C=C\CCCCCCCCCCCCCCCCC(=O)OC(COC(=O)CCCCCCCCCCCCCCCCCCCCC/C=C\C/C=C\C/C=C\C/C=C\C/C=C\C/C=C\C/C=C\CC)COC(OCC[N+](C)(C)C)C(=O)[O-]. The summed E-state index contributed by atoms with van der Waals surface area (Å²) < 4.78 is 22.9. The van der Waals surface area contributed by atoms with Crippen molar-refractivity contribution in [3.05, 3.63) is 182 Å². The zero-order chi connectivity index (χ0) is 76.0. The van der Waals surface area contributed by atoms with Crippen molar-refractivity contribution in [2.24, 2.45) is 0 Å². The summed E-state index contributed by atoms with van der Waals surface area (Å²) in [4.78, 5) is 37.7. The van der Waals surface area contributed by atoms with Gasteiger partial charge in [0.15, 0.2) is 12.4 Å². The van der Waals surface area contributed by atoms with Crippen LogP contribution in [0.1, 0.15) is 348 Å². The van der Waals surface area contributed by atoms with Crippen molar-refractivity contribution in [2.45, 2.75) is 360 Å². The van der Waals surface area contributed by atoms with Gasteiger partial charge in [0, 0.05) is 12.8 Å². The maximum Gasteiger partial charge on any atom is 0.306 e. The zero-order valence-corrected chi connectivity index (χ0v) is 68.3. The van der Waals surface area contributed by atoms with Crippen molar-refractivity contribution in [1.82, 2.24) is 0 Å². The number of ether oxygens (including phenoxy) is 4. The third-order valence-electron chi connectivity index (χ3n) is 18.1. The second kappa shape index (κ2) is 84.0. The van der Waals surface area contributed by atoms with E-state index in [9.17, 15) is 19.5 Å². The molecular formula is C96H159NO8. The lowest BCUT2D eigenvalue weighted by Gasteiger charge is -2.26. The number of rotatable bonds is 78. The minimum absolute atomic E-state index is 0.142. The molecule has 0 bridgehead atoms. The topological polar surface area (TPSA) is 111 Å². The number of unbranched alkanes of at least 4 members (excludes halogenated alkanes) is 33. The minimum atomic E-state index is -1.63. The maximum atomic E-state index is 13.0. The molecule has 0 radical (unpaired) electrons. The number of aliphatic carboxylic acids is 1. The van der Waals surface area contributed by atoms with Crippen LogP contribution in [0, 0.1) is 0 Å². The summed E-state index contributed by atoms with van der Waals surface area (Å²) in [6.07, 6.45) is 125. The van der Waals surface area contributed by atoms with Crippen LogP contribution < -0.4 is 5.11 Å². The predicted molar refractivity (Wildman–Crippen MR) is 453 cm³/mol. The van der Waals surface area contributed by atoms with Gasteiger partial charge in [-0.2, -0.15) is 0 Å². The number of carboxylic acids is 1. The molecule has 105 heavy (non-hydrogen) atoms. The molecule has 0 spiro atoms. The van der Waals surface area contributed by atoms with Gasteiger partial charge in [0.1, 0.15) is 13.2 Å². The standard InChI is InChI=1S/C96H159NO8/c1-6-8-10-12-14-16-18-20-22-24-26-28-30-32-34-36-38-40-42-44-46-47-49-50-52-54-56-58-60-62-64-66-68-70-72-74-76-78-80-82-84-86-93(98)103-90-92(91-104-96(95(100)101)102-89-88-97(3,4)5)105-94(99)87-85-83-81-79-77-75-73-71-69-67-65-63-61-59-57-55-53-51-48-45-43-41-39-37-35-33-31-29-27-25-23-21-19-17-15-13-11-9-7-2/h8-11,14-17,20-23,26-29,32-35,38-41,44-46,48,53,55,92,96H,6-7,12-13,18-19,24-25,30-31,36-37,42-43,47,49-52,54,56-91H2,1-5H3/b10-8-,11-9-,16-14-,17-15-,22-20-,23-21-,28-26-,29-27-,34-32-,35-33-,40-38-,41-39-,46-44-,48-45-,55-53-. The van der Waals surface area contributed by atoms with E-state index in [1.165, 1.54) is 180 Å². The maximum absolute atomic E-state index is 13.0. The summed E-state index contributed by atoms with van der Waals surface area (Å²) in [6.45, 7) is 4.54. The van der Waals surface area contributed by atoms with Crippen LogP contribution in [0.2, 0.25) is 0 Å². The highest BCUT2D eigenvalue weighted by atomic mass is 16.7. The molecule has 0 aromatic rings. The number of likely N-dealkylation sites (N-methyl/N-ethyl adjacent to an activating group) is 1. The fourth-order valence-electron chi connectivity index (χ4n) is 11.7. The number of carboxylic acid groups (broad SMARTS) is 1. The van der Waals surface area contributed by atoms with Crippen LogP contribution in [0.5, 0.6) is 0 Å². The monoisotopic (exact) mass is 1450 g/mol. The second-order valence-electron chi connectivity index (χ2n) is 29.4. The van der Waals surface area contributed by atoms with E-state index in [-0.39, 0.29) is 38.6 Å². The molecule has 2 unspecified atom stereocenters. The lowest BCUT2D eigenvalue weighted by molar-refractivity contribution is -0.870. The van der Waals surface area contributed by atoms with Gasteiger partial charge in [-0.25, -0.2) is 0 Å². The molecule has 0 aliphatic rings. The van der Waals surface area contributed by atoms with Gasteiger partial charge in [0.2, 0.25) is 0 Å². The van der Waals surface area contributed by atoms with Gasteiger partial charge in [0.25, 0.3) is 0 Å². The number of hydrogen-bond donors (Lipinski definition) is 0. The Kier molecular flexibility index (Phi) is 79.5. The van der Waals surface area contributed by atoms with E-state index in [4.69, 9.17) is 18.9 Å². The normalized spacial score (nSPS) is 13.6. The van der Waals surface area contributed by atoms with Crippen molar-refractivity contribution in [3.63, 3.8) is 0 Å². The summed E-state index contributed by atoms with van der Waals surface area (Å²) in [5.74, 6) is -2.28. The zero-order valence-electron chi connectivity index (χ0n) is 68.3. The molecule has 0 N–H and O–H groups in total. The van der Waals surface area contributed by atoms with E-state index in [0.717, 1.165) is 135 Å². The molecule has 0 saturated heterocycles. The van der Waals surface area contributed by atoms with Crippen molar-refractivity contribution in [3.8, 4) is 0 Å². The summed E-state index contributed by atoms with van der Waals surface area (Å²) in [6, 6.07) is 0. The molecule has 0 rings (SSSR count). The molecule has 0 heterocycles. The Bertz CT molecular complexity index is 2400. The van der Waals surface area contributed by atoms with E-state index in [1.807, 2.05) is 21.1 Å². The van der Waals surface area contributed by atoms with Crippen molar-refractivity contribution < 1.29 is 42.9 Å². The fraction of sp³-hybridized carbons (Fsp3) is 0.656. The number of nitrogens with zero attached hydrogens (tertiary/aromatic N) is 1. The summed E-state index contributed by atoms with van der Waals surface area (Å²) in [7, 11) is 5.94. The lowest BCUT2D eigenvalue weighted by atomic mass is 10.0. The first-order chi connectivity index (χ1) is 51.6. The van der Waals surface area contributed by atoms with Crippen LogP contribution in [0.4, 0.5) is 0 Å². The summed E-state index contributed by atoms with van der Waals surface area (Å²) >= 11 is 0. The van der Waals surface area contributed by atoms with Crippen LogP contribution in [0.3, 0.4) is 0 Å². The van der Waals surface area contributed by atoms with Crippen LogP contribution in [-0.2, 0) is 33.3 Å². The molecule has 0 aliphatic heterocycles. The summed E-state index contributed by atoms with van der Waals surface area (Å²) in [5, 5.41) is 11.9. The Labute approximate surface area is 647 Å². The Morgan fingerprint density at radius 2 is 0.514 bits per heavy atom. The Morgan fingerprint density at radius 1 is 0.286 bits per heavy atom. The highest BCUT2D eigenvalue weighted by molar-refractivity contribution is 5.70. The fourth-order valence-corrected chi connectivity index (χ4v) is 11.7. The number of hydrogen-bond acceptors (Lipinski definition) is 8. The molecule has 9 nitrogen and oxygen atoms in total. The smallest absolute Gasteiger partial charge is 0.306 e. The molecule has 596 valence electrons. The van der Waals surface area contributed by atoms with Crippen molar-refractivity contribution in [2.75, 3.05) is 47.5 Å². The number of carbonyl (C=O) groups is 3. The van der Waals surface area contributed by atoms with Crippen molar-refractivity contribution >= 4 is 17.9 Å². The highest BCUT2D eigenvalue weighted by Crippen LogP contribution is 2.18. The lowest BCUT2D eigenvalue weighted by Crippen LogP contribution is -2.44. The molecule has 2 atom stereocenters. The molecular weight excluding hydrogens is 1300 g/mol. The van der Waals surface area contributed by atoms with Gasteiger partial charge in [-0.15, -0.1) is 0 Å². The van der Waals surface area contributed by atoms with Crippen molar-refractivity contribution in [1.29, 1.82) is 0 Å². The third-order valence-corrected chi connectivity index (χ3v) is 18.1. The molecule has 0 aliphatic carbocycles. The van der Waals surface area contributed by atoms with Gasteiger partial charge in [0.05, 0.1) is 40.3 Å². The molecule has 0 amide bonds. The Morgan fingerprint density at radius 3 is 0.762 bits per heavy atom. The predicted octanol–water partition coefficient (Wildman–Crippen LogP) is 26.9. The number of esters is 2. The first-order valence-electron chi connectivity index (χ1n) is 42.9. The van der Waals surface area contributed by atoms with Gasteiger partial charge in [-0.05, 0) is 135 Å². The van der Waals surface area contributed by atoms with Crippen LogP contribution in [-0.4, -0.2) is 82.3 Å². The minimum Gasteiger partial charge on any atom is -0.545 e. The van der Waals surface area contributed by atoms with Gasteiger partial charge in [-0.3, -0.25) is 9.59 Å². The van der Waals surface area contributed by atoms with E-state index >= 15 is 0 Å².